The van der Waals surface area contributed by atoms with E-state index in [0.29, 0.717) is 5.56 Å². The van der Waals surface area contributed by atoms with Crippen LogP contribution in [0.4, 0.5) is 0 Å². The van der Waals surface area contributed by atoms with Crippen molar-refractivity contribution in [3.8, 4) is 0 Å². The van der Waals surface area contributed by atoms with E-state index in [9.17, 15) is 4.79 Å². The normalized spacial score (nSPS) is 13.4. The molecule has 0 aliphatic heterocycles. The lowest BCUT2D eigenvalue weighted by Crippen LogP contribution is -2.11. The van der Waals surface area contributed by atoms with Crippen LogP contribution in [-0.2, 0) is 17.7 Å². The number of nitrogens with zero attached hydrogens (tertiary/aromatic N) is 1. The molecule has 0 amide bonds. The summed E-state index contributed by atoms with van der Waals surface area (Å²) in [5.74, 6) is -0.288. The lowest BCUT2D eigenvalue weighted by atomic mass is 9.85. The topological polar surface area (TPSA) is 29.5 Å². The number of aryl methyl sites for hydroxylation is 1. The van der Waals surface area contributed by atoms with Gasteiger partial charge < -0.3 is 9.64 Å². The quantitative estimate of drug-likeness (QED) is 0.800. The molecule has 0 radical (unpaired) electrons. The maximum Gasteiger partial charge on any atom is 0.337 e. The minimum absolute atomic E-state index is 0.288. The molecule has 2 aromatic rings. The predicted molar refractivity (Wildman–Crippen MR) is 97.0 cm³/mol. The van der Waals surface area contributed by atoms with Crippen molar-refractivity contribution in [1.29, 1.82) is 0 Å². The fraction of sp³-hybridized carbons (Fsp3) is 0.286. The van der Waals surface area contributed by atoms with Gasteiger partial charge in [-0.05, 0) is 73.0 Å². The Morgan fingerprint density at radius 2 is 2.00 bits per heavy atom. The highest BCUT2D eigenvalue weighted by molar-refractivity contribution is 5.92. The second-order valence-electron chi connectivity index (χ2n) is 6.46. The average Bonchev–Trinajstić information content (AvgIpc) is 2.59. The Bertz CT molecular complexity index is 790. The predicted octanol–water partition coefficient (Wildman–Crippen LogP) is 3.91. The highest BCUT2D eigenvalue weighted by atomic mass is 16.5. The molecule has 3 nitrogen and oxygen atoms in total. The standard InChI is InChI=1S/C21H23NO2/c1-22(2)14-15-6-4-8-17(12-15)19-9-5-7-16-10-11-18(13-20(16)19)21(23)24-3/h4,6,8-13H,5,7,14H2,1-3H3. The summed E-state index contributed by atoms with van der Waals surface area (Å²) < 4.78 is 4.87. The number of hydrogen-bond acceptors (Lipinski definition) is 3. The second kappa shape index (κ2) is 7.02. The second-order valence-corrected chi connectivity index (χ2v) is 6.46. The zero-order valence-electron chi connectivity index (χ0n) is 14.5. The van der Waals surface area contributed by atoms with E-state index >= 15 is 0 Å². The molecule has 0 atom stereocenters. The van der Waals surface area contributed by atoms with Crippen molar-refractivity contribution >= 4 is 11.5 Å². The summed E-state index contributed by atoms with van der Waals surface area (Å²) in [6, 6.07) is 14.5. The van der Waals surface area contributed by atoms with Crippen molar-refractivity contribution in [3.63, 3.8) is 0 Å². The van der Waals surface area contributed by atoms with E-state index in [1.165, 1.54) is 29.4 Å². The van der Waals surface area contributed by atoms with Crippen LogP contribution in [0, 0.1) is 0 Å². The Labute approximate surface area is 143 Å². The summed E-state index contributed by atoms with van der Waals surface area (Å²) in [7, 11) is 5.57. The Kier molecular flexibility index (Phi) is 4.81. The van der Waals surface area contributed by atoms with Gasteiger partial charge in [0.2, 0.25) is 0 Å². The number of fused-ring (bicyclic) bond motifs is 1. The number of allylic oxidation sites excluding steroid dienone is 1. The van der Waals surface area contributed by atoms with Crippen molar-refractivity contribution < 1.29 is 9.53 Å². The van der Waals surface area contributed by atoms with Crippen molar-refractivity contribution in [1.82, 2.24) is 4.90 Å². The largest absolute Gasteiger partial charge is 0.465 e. The number of esters is 1. The number of benzene rings is 2. The van der Waals surface area contributed by atoms with E-state index in [1.54, 1.807) is 0 Å². The van der Waals surface area contributed by atoms with Crippen molar-refractivity contribution in [2.24, 2.45) is 0 Å². The van der Waals surface area contributed by atoms with Crippen LogP contribution in [0.5, 0.6) is 0 Å². The SMILES string of the molecule is COC(=O)c1ccc2c(c1)C(c1cccc(CN(C)C)c1)=CCC2. The number of carbonyl (C=O) groups excluding carboxylic acids is 1. The summed E-state index contributed by atoms with van der Waals surface area (Å²) in [5.41, 5.74) is 6.74. The van der Waals surface area contributed by atoms with Gasteiger partial charge >= 0.3 is 5.97 Å². The summed E-state index contributed by atoms with van der Waals surface area (Å²) in [6.07, 6.45) is 4.31. The minimum atomic E-state index is -0.288. The third-order valence-corrected chi connectivity index (χ3v) is 4.32. The number of ether oxygens (including phenoxy) is 1. The molecule has 24 heavy (non-hydrogen) atoms. The maximum atomic E-state index is 11.9. The summed E-state index contributed by atoms with van der Waals surface area (Å²) in [5, 5.41) is 0. The van der Waals surface area contributed by atoms with E-state index in [2.05, 4.69) is 55.4 Å². The van der Waals surface area contributed by atoms with Gasteiger partial charge in [-0.25, -0.2) is 4.79 Å². The molecule has 0 aromatic heterocycles. The molecule has 2 aromatic carbocycles. The van der Waals surface area contributed by atoms with Gasteiger partial charge in [-0.1, -0.05) is 30.3 Å². The molecule has 124 valence electrons. The van der Waals surface area contributed by atoms with Gasteiger partial charge in [0, 0.05) is 6.54 Å². The molecule has 0 bridgehead atoms. The van der Waals surface area contributed by atoms with Gasteiger partial charge in [-0.2, -0.15) is 0 Å². The lowest BCUT2D eigenvalue weighted by Gasteiger charge is -2.20. The lowest BCUT2D eigenvalue weighted by molar-refractivity contribution is 0.0600. The fourth-order valence-corrected chi connectivity index (χ4v) is 3.25. The van der Waals surface area contributed by atoms with Gasteiger partial charge in [-0.3, -0.25) is 0 Å². The zero-order valence-corrected chi connectivity index (χ0v) is 14.5. The molecular formula is C21H23NO2. The Morgan fingerprint density at radius 3 is 2.75 bits per heavy atom. The van der Waals surface area contributed by atoms with Crippen LogP contribution in [0.2, 0.25) is 0 Å². The van der Waals surface area contributed by atoms with Gasteiger partial charge in [0.05, 0.1) is 12.7 Å². The molecule has 0 saturated carbocycles. The molecule has 3 rings (SSSR count). The van der Waals surface area contributed by atoms with Crippen LogP contribution in [0.15, 0.2) is 48.5 Å². The van der Waals surface area contributed by atoms with Gasteiger partial charge in [-0.15, -0.1) is 0 Å². The van der Waals surface area contributed by atoms with Crippen LogP contribution in [0.25, 0.3) is 5.57 Å². The fourth-order valence-electron chi connectivity index (χ4n) is 3.25. The third kappa shape index (κ3) is 3.41. The molecule has 0 fully saturated rings. The molecule has 0 unspecified atom stereocenters. The average molecular weight is 321 g/mol. The van der Waals surface area contributed by atoms with Crippen LogP contribution in [0.3, 0.4) is 0 Å². The first kappa shape index (κ1) is 16.5. The Balaban J connectivity index is 2.02. The van der Waals surface area contributed by atoms with E-state index < -0.39 is 0 Å². The molecule has 0 saturated heterocycles. The number of rotatable bonds is 4. The first-order valence-corrected chi connectivity index (χ1v) is 8.24. The van der Waals surface area contributed by atoms with Crippen molar-refractivity contribution in [2.75, 3.05) is 21.2 Å². The number of methoxy groups -OCH3 is 1. The van der Waals surface area contributed by atoms with Crippen LogP contribution in [0.1, 0.15) is 39.0 Å². The van der Waals surface area contributed by atoms with E-state index in [-0.39, 0.29) is 5.97 Å². The van der Waals surface area contributed by atoms with Crippen LogP contribution < -0.4 is 0 Å². The molecule has 0 spiro atoms. The summed E-state index contributed by atoms with van der Waals surface area (Å²) in [6.45, 7) is 0.913. The molecule has 0 heterocycles. The Hall–Kier alpha value is -2.39. The first-order chi connectivity index (χ1) is 11.6. The first-order valence-electron chi connectivity index (χ1n) is 8.24. The third-order valence-electron chi connectivity index (χ3n) is 4.32. The minimum Gasteiger partial charge on any atom is -0.465 e. The number of hydrogen-bond donors (Lipinski definition) is 0. The summed E-state index contributed by atoms with van der Waals surface area (Å²) in [4.78, 5) is 14.0. The van der Waals surface area contributed by atoms with E-state index in [1.807, 2.05) is 12.1 Å². The van der Waals surface area contributed by atoms with Crippen LogP contribution >= 0.6 is 0 Å². The van der Waals surface area contributed by atoms with Gasteiger partial charge in [0.15, 0.2) is 0 Å². The smallest absolute Gasteiger partial charge is 0.337 e. The zero-order chi connectivity index (χ0) is 17.1. The number of carbonyl (C=O) groups is 1. The monoisotopic (exact) mass is 321 g/mol. The van der Waals surface area contributed by atoms with E-state index in [0.717, 1.165) is 24.9 Å². The maximum absolute atomic E-state index is 11.9. The highest BCUT2D eigenvalue weighted by Gasteiger charge is 2.17. The van der Waals surface area contributed by atoms with Crippen molar-refractivity contribution in [3.05, 3.63) is 76.4 Å². The van der Waals surface area contributed by atoms with Crippen LogP contribution in [-0.4, -0.2) is 32.1 Å². The van der Waals surface area contributed by atoms with Gasteiger partial charge in [0.1, 0.15) is 0 Å². The summed E-state index contributed by atoms with van der Waals surface area (Å²) >= 11 is 0. The molecule has 1 aliphatic rings. The Morgan fingerprint density at radius 1 is 1.17 bits per heavy atom. The highest BCUT2D eigenvalue weighted by Crippen LogP contribution is 2.33. The van der Waals surface area contributed by atoms with Crippen molar-refractivity contribution in [2.45, 2.75) is 19.4 Å². The molecule has 1 aliphatic carbocycles. The van der Waals surface area contributed by atoms with E-state index in [4.69, 9.17) is 4.74 Å². The van der Waals surface area contributed by atoms with Gasteiger partial charge in [0.25, 0.3) is 0 Å². The molecule has 0 N–H and O–H groups in total. The molecule has 3 heteroatoms. The molecular weight excluding hydrogens is 298 g/mol.